The number of nitrogens with zero attached hydrogens (tertiary/aromatic N) is 1. The topological polar surface area (TPSA) is 492 Å². The molecule has 1 saturated heterocycles. The van der Waals surface area contributed by atoms with E-state index in [1.165, 1.54) is 27.7 Å². The van der Waals surface area contributed by atoms with Crippen LogP contribution in [0.4, 0.5) is 0 Å². The van der Waals surface area contributed by atoms with E-state index in [1.807, 2.05) is 18.2 Å². The number of para-hydroxylation sites is 1. The number of amides is 11. The highest BCUT2D eigenvalue weighted by Crippen LogP contribution is 2.24. The van der Waals surface area contributed by atoms with E-state index >= 15 is 0 Å². The molecule has 1 aromatic heterocycles. The normalized spacial score (nSPS) is 20.3. The van der Waals surface area contributed by atoms with Gasteiger partial charge in [-0.05, 0) is 110 Å². The Kier molecular flexibility index (Phi) is 30.9. The van der Waals surface area contributed by atoms with Gasteiger partial charge in [0.05, 0.1) is 6.04 Å². The fourth-order valence-corrected chi connectivity index (χ4v) is 10.8. The lowest BCUT2D eigenvalue weighted by Crippen LogP contribution is -2.60. The van der Waals surface area contributed by atoms with Crippen molar-refractivity contribution in [2.45, 2.75) is 172 Å². The molecule has 11 atom stereocenters. The number of carbonyl (C=O) groups is 11. The average Bonchev–Trinajstić information content (AvgIpc) is 4.05. The van der Waals surface area contributed by atoms with Crippen LogP contribution in [-0.4, -0.2) is 174 Å². The monoisotopic (exact) mass is 1220 g/mol. The number of aromatic amines is 1. The molecular weight excluding hydrogens is 1130 g/mol. The first-order valence-electron chi connectivity index (χ1n) is 28.1. The molecule has 1 aliphatic rings. The summed E-state index contributed by atoms with van der Waals surface area (Å²) in [6.45, 7) is 9.91. The van der Waals surface area contributed by atoms with Gasteiger partial charge in [-0.2, -0.15) is 0 Å². The molecule has 1 fully saturated rings. The first-order chi connectivity index (χ1) is 39.8. The van der Waals surface area contributed by atoms with Gasteiger partial charge < -0.3 is 92.6 Å². The predicted molar refractivity (Wildman–Crippen MR) is 321 cm³/mol. The number of nitrogens with two attached hydrogens (primary N) is 6. The van der Waals surface area contributed by atoms with Crippen LogP contribution in [0.5, 0.6) is 0 Å². The molecule has 0 unspecified atom stereocenters. The molecule has 29 nitrogen and oxygen atoms in total. The quantitative estimate of drug-likeness (QED) is 0.0161. The first kappa shape index (κ1) is 71.0. The number of fused-ring (bicyclic) bond motifs is 1. The molecule has 0 bridgehead atoms. The number of aromatic nitrogens is 1. The summed E-state index contributed by atoms with van der Waals surface area (Å²) in [4.78, 5) is 158. The smallest absolute Gasteiger partial charge is 0.244 e. The predicted octanol–water partition coefficient (Wildman–Crippen LogP) is -3.80. The summed E-state index contributed by atoms with van der Waals surface area (Å²) in [5.74, 6) is -9.41. The molecule has 0 saturated carbocycles. The SMILES string of the molecule is CC(C)C[C@H](NC(=O)[C@@H]1CSSC[C@H](NC(=O)[C@H](C)NC(=O)[C@H](C)NC(=O)[C@@H](N)CCCCN)C(=O)N[C@@H](C)C(=O)N[C@@H](C)C(=O)N[C@@H](CCCCN)C(=O)N1)C(=O)N[C@@H](Cc1c[nH]c2ccccc12)C(=O)N[C@@H](CCCN=C(N)N)C(N)=O. The zero-order valence-corrected chi connectivity index (χ0v) is 50.3. The van der Waals surface area contributed by atoms with Gasteiger partial charge in [-0.15, -0.1) is 0 Å². The van der Waals surface area contributed by atoms with Crippen LogP contribution < -0.4 is 87.6 Å². The van der Waals surface area contributed by atoms with Crippen LogP contribution in [0.3, 0.4) is 0 Å². The van der Waals surface area contributed by atoms with Crippen molar-refractivity contribution in [2.24, 2.45) is 45.3 Å². The Morgan fingerprint density at radius 1 is 0.643 bits per heavy atom. The van der Waals surface area contributed by atoms with Gasteiger partial charge in [0.2, 0.25) is 65.0 Å². The summed E-state index contributed by atoms with van der Waals surface area (Å²) >= 11 is 0. The largest absolute Gasteiger partial charge is 0.370 e. The lowest BCUT2D eigenvalue weighted by atomic mass is 10.00. The maximum atomic E-state index is 14.7. The summed E-state index contributed by atoms with van der Waals surface area (Å²) in [6, 6.07) is -6.43. The first-order valence-corrected chi connectivity index (χ1v) is 30.6. The number of carbonyl (C=O) groups excluding carboxylic acids is 11. The van der Waals surface area contributed by atoms with Crippen LogP contribution in [0.15, 0.2) is 35.5 Å². The highest BCUT2D eigenvalue weighted by Gasteiger charge is 2.35. The fourth-order valence-electron chi connectivity index (χ4n) is 8.48. The number of H-pyrrole nitrogens is 1. The third-order valence-corrected chi connectivity index (χ3v) is 15.8. The van der Waals surface area contributed by atoms with Gasteiger partial charge in [0.25, 0.3) is 0 Å². The molecule has 31 heteroatoms. The second-order valence-corrected chi connectivity index (χ2v) is 23.6. The summed E-state index contributed by atoms with van der Waals surface area (Å²) in [5.41, 5.74) is 35.3. The maximum Gasteiger partial charge on any atom is 0.244 e. The van der Waals surface area contributed by atoms with Crippen LogP contribution in [0.25, 0.3) is 10.9 Å². The van der Waals surface area contributed by atoms with Crippen molar-refractivity contribution in [1.29, 1.82) is 0 Å². The summed E-state index contributed by atoms with van der Waals surface area (Å²) < 4.78 is 0. The van der Waals surface area contributed by atoms with Crippen molar-refractivity contribution >= 4 is 103 Å². The van der Waals surface area contributed by atoms with Gasteiger partial charge >= 0.3 is 0 Å². The molecule has 0 spiro atoms. The molecule has 2 aromatic rings. The van der Waals surface area contributed by atoms with E-state index in [0.29, 0.717) is 44.2 Å². The molecule has 23 N–H and O–H groups in total. The number of primary amides is 1. The van der Waals surface area contributed by atoms with E-state index in [1.54, 1.807) is 26.1 Å². The second kappa shape index (κ2) is 36.5. The van der Waals surface area contributed by atoms with Crippen LogP contribution in [0, 0.1) is 5.92 Å². The van der Waals surface area contributed by atoms with Gasteiger partial charge in [-0.25, -0.2) is 0 Å². The molecule has 468 valence electrons. The van der Waals surface area contributed by atoms with Crippen molar-refractivity contribution < 1.29 is 52.7 Å². The third-order valence-electron chi connectivity index (χ3n) is 13.4. The van der Waals surface area contributed by atoms with Crippen molar-refractivity contribution in [3.63, 3.8) is 0 Å². The maximum absolute atomic E-state index is 14.7. The minimum atomic E-state index is -1.44. The van der Waals surface area contributed by atoms with Crippen LogP contribution in [0.1, 0.15) is 105 Å². The van der Waals surface area contributed by atoms with E-state index in [4.69, 9.17) is 34.4 Å². The number of guanidine groups is 1. The molecular formula is C53H88N18O11S2. The Balaban J connectivity index is 1.97. The molecule has 0 radical (unpaired) electrons. The van der Waals surface area contributed by atoms with Crippen molar-refractivity contribution in [1.82, 2.24) is 58.2 Å². The third kappa shape index (κ3) is 24.5. The molecule has 3 rings (SSSR count). The van der Waals surface area contributed by atoms with E-state index < -0.39 is 131 Å². The Morgan fingerprint density at radius 2 is 1.24 bits per heavy atom. The van der Waals surface area contributed by atoms with Gasteiger partial charge in [0, 0.05) is 41.6 Å². The Morgan fingerprint density at radius 3 is 1.89 bits per heavy atom. The molecule has 0 aliphatic carbocycles. The number of nitrogens with one attached hydrogen (secondary N) is 11. The highest BCUT2D eigenvalue weighted by molar-refractivity contribution is 8.76. The Hall–Kier alpha value is -7.22. The van der Waals surface area contributed by atoms with Crippen LogP contribution in [0.2, 0.25) is 0 Å². The number of hydrogen-bond acceptors (Lipinski definition) is 17. The molecule has 11 amide bonds. The number of hydrogen-bond donors (Lipinski definition) is 17. The summed E-state index contributed by atoms with van der Waals surface area (Å²) in [5, 5.41) is 27.0. The Labute approximate surface area is 497 Å². The van der Waals surface area contributed by atoms with Crippen molar-refractivity contribution in [3.8, 4) is 0 Å². The van der Waals surface area contributed by atoms with Gasteiger partial charge in [-0.1, -0.05) is 60.1 Å². The minimum absolute atomic E-state index is 0.0305. The van der Waals surface area contributed by atoms with Crippen molar-refractivity contribution in [2.75, 3.05) is 31.1 Å². The average molecular weight is 1220 g/mol. The summed E-state index contributed by atoms with van der Waals surface area (Å²) in [6.07, 6.45) is 4.48. The lowest BCUT2D eigenvalue weighted by molar-refractivity contribution is -0.135. The standard InChI is InChI=1S/C53H88N18O11S2/c1-27(2)22-38(49(79)69-39(23-32-24-61-35-16-8-7-14-33(32)35)50(80)66-36(42(57)72)18-13-21-60-53(58)59)68-52(82)41-26-84-83-25-40(70-46(76)31(6)63-43(73)28(3)64-47(77)34(56)15-9-11-19-54)51(81)65-29(4)44(74)62-30(5)45(75)67-37(48(78)71-41)17-10-12-20-55/h7-8,14,16,24,27-31,34,36-41,61H,9-13,15,17-23,25-26,54-56H2,1-6H3,(H2,57,72)(H,62,74)(H,63,73)(H,64,77)(H,65,81)(H,66,80)(H,67,75)(H,68,82)(H,69,79)(H,70,76)(H,71,78)(H4,58,59,60)/t28-,29-,30-,31-,34-,36-,37-,38-,39-,40-,41-/m0/s1. The van der Waals surface area contributed by atoms with Gasteiger partial charge in [0.15, 0.2) is 5.96 Å². The lowest BCUT2D eigenvalue weighted by Gasteiger charge is -2.28. The number of rotatable bonds is 29. The number of benzene rings is 1. The number of aliphatic imine (C=N–C) groups is 1. The number of unbranched alkanes of at least 4 members (excludes halogenated alkanes) is 2. The van der Waals surface area contributed by atoms with E-state index in [0.717, 1.165) is 32.5 Å². The highest BCUT2D eigenvalue weighted by atomic mass is 33.1. The van der Waals surface area contributed by atoms with E-state index in [9.17, 15) is 52.7 Å². The zero-order valence-electron chi connectivity index (χ0n) is 48.6. The molecule has 1 aliphatic heterocycles. The van der Waals surface area contributed by atoms with Crippen LogP contribution >= 0.6 is 21.6 Å². The fraction of sp³-hybridized carbons (Fsp3) is 0.623. The molecule has 1 aromatic carbocycles. The molecule has 2 heterocycles. The van der Waals surface area contributed by atoms with Gasteiger partial charge in [0.1, 0.15) is 60.4 Å². The Bertz CT molecular complexity index is 2600. The molecule has 84 heavy (non-hydrogen) atoms. The van der Waals surface area contributed by atoms with E-state index in [2.05, 4.69) is 63.1 Å². The van der Waals surface area contributed by atoms with Crippen molar-refractivity contribution in [3.05, 3.63) is 36.0 Å². The zero-order chi connectivity index (χ0) is 62.6. The van der Waals surface area contributed by atoms with Gasteiger partial charge in [-0.3, -0.25) is 57.7 Å². The summed E-state index contributed by atoms with van der Waals surface area (Å²) in [7, 11) is 1.99. The van der Waals surface area contributed by atoms with E-state index in [-0.39, 0.29) is 68.6 Å². The minimum Gasteiger partial charge on any atom is -0.370 e. The second-order valence-electron chi connectivity index (χ2n) is 21.1. The van der Waals surface area contributed by atoms with Crippen LogP contribution in [-0.2, 0) is 59.2 Å².